The van der Waals surface area contributed by atoms with E-state index in [4.69, 9.17) is 37.0 Å². The first-order valence-corrected chi connectivity index (χ1v) is 8.92. The molecule has 1 aromatic carbocycles. The van der Waals surface area contributed by atoms with E-state index in [9.17, 15) is 14.6 Å². The van der Waals surface area contributed by atoms with Crippen molar-refractivity contribution in [3.8, 4) is 0 Å². The Kier molecular flexibility index (Phi) is 3.71. The normalized spacial score (nSPS) is 37.2. The van der Waals surface area contributed by atoms with Crippen molar-refractivity contribution in [2.75, 3.05) is 6.61 Å². The van der Waals surface area contributed by atoms with Crippen LogP contribution in [0.1, 0.15) is 6.23 Å². The van der Waals surface area contributed by atoms with Crippen LogP contribution in [0, 0.1) is 0 Å². The molecular formula is C12H11Cl2N2O6P. The minimum Gasteiger partial charge on any atom is -0.386 e. The van der Waals surface area contributed by atoms with Gasteiger partial charge in [0.1, 0.15) is 18.3 Å². The van der Waals surface area contributed by atoms with Crippen molar-refractivity contribution in [2.45, 2.75) is 24.5 Å². The highest BCUT2D eigenvalue weighted by Crippen LogP contribution is 2.52. The van der Waals surface area contributed by atoms with Crippen molar-refractivity contribution in [1.82, 2.24) is 9.55 Å². The molecule has 8 nitrogen and oxygen atoms in total. The lowest BCUT2D eigenvalue weighted by Gasteiger charge is -2.27. The summed E-state index contributed by atoms with van der Waals surface area (Å²) in [6.07, 6.45) is -2.18. The zero-order valence-corrected chi connectivity index (χ0v) is 13.8. The molecular weight excluding hydrogens is 370 g/mol. The van der Waals surface area contributed by atoms with Crippen LogP contribution in [0.5, 0.6) is 0 Å². The first kappa shape index (κ1) is 15.8. The van der Waals surface area contributed by atoms with Crippen molar-refractivity contribution in [1.29, 1.82) is 0 Å². The molecule has 0 amide bonds. The number of benzene rings is 1. The van der Waals surface area contributed by atoms with E-state index in [0.29, 0.717) is 21.1 Å². The first-order valence-electron chi connectivity index (χ1n) is 6.66. The molecule has 11 heteroatoms. The molecule has 0 bridgehead atoms. The molecule has 4 rings (SSSR count). The maximum atomic E-state index is 11.5. The lowest BCUT2D eigenvalue weighted by Crippen LogP contribution is -2.39. The monoisotopic (exact) mass is 380 g/mol. The van der Waals surface area contributed by atoms with E-state index >= 15 is 0 Å². The topological polar surface area (TPSA) is 103 Å². The van der Waals surface area contributed by atoms with Crippen molar-refractivity contribution in [2.24, 2.45) is 0 Å². The predicted molar refractivity (Wildman–Crippen MR) is 80.3 cm³/mol. The molecule has 2 N–H and O–H groups in total. The Hall–Kier alpha value is -0.700. The number of fused-ring (bicyclic) bond motifs is 2. The maximum absolute atomic E-state index is 11.5. The van der Waals surface area contributed by atoms with Gasteiger partial charge >= 0.3 is 7.82 Å². The lowest BCUT2D eigenvalue weighted by atomic mass is 10.1. The Balaban J connectivity index is 1.72. The number of imidazole rings is 1. The van der Waals surface area contributed by atoms with E-state index in [2.05, 4.69) is 4.98 Å². The number of phosphoric ester groups is 1. The van der Waals surface area contributed by atoms with Gasteiger partial charge in [-0.05, 0) is 12.1 Å². The maximum Gasteiger partial charge on any atom is 0.472 e. The predicted octanol–water partition coefficient (Wildman–Crippen LogP) is 2.12. The van der Waals surface area contributed by atoms with Gasteiger partial charge in [-0.1, -0.05) is 23.2 Å². The lowest BCUT2D eigenvalue weighted by molar-refractivity contribution is -0.0663. The largest absolute Gasteiger partial charge is 0.472 e. The van der Waals surface area contributed by atoms with E-state index in [-0.39, 0.29) is 6.61 Å². The zero-order valence-electron chi connectivity index (χ0n) is 11.4. The van der Waals surface area contributed by atoms with E-state index in [1.807, 2.05) is 0 Å². The third-order valence-corrected chi connectivity index (χ3v) is 5.56. The van der Waals surface area contributed by atoms with Gasteiger partial charge in [0.15, 0.2) is 6.23 Å². The number of rotatable bonds is 1. The van der Waals surface area contributed by atoms with Crippen molar-refractivity contribution in [3.63, 3.8) is 0 Å². The van der Waals surface area contributed by atoms with Crippen LogP contribution in [0.4, 0.5) is 0 Å². The summed E-state index contributed by atoms with van der Waals surface area (Å²) in [5.41, 5.74) is 1.19. The summed E-state index contributed by atoms with van der Waals surface area (Å²) in [6, 6.07) is 3.21. The van der Waals surface area contributed by atoms with Gasteiger partial charge in [-0.25, -0.2) is 9.55 Å². The molecule has 2 aliphatic rings. The summed E-state index contributed by atoms with van der Waals surface area (Å²) < 4.78 is 28.4. The summed E-state index contributed by atoms with van der Waals surface area (Å²) in [5, 5.41) is 11.1. The third kappa shape index (κ3) is 2.59. The molecule has 0 aliphatic carbocycles. The van der Waals surface area contributed by atoms with Crippen molar-refractivity contribution < 1.29 is 28.3 Å². The molecule has 0 spiro atoms. The summed E-state index contributed by atoms with van der Waals surface area (Å²) in [6.45, 7) is -0.148. The average Bonchev–Trinajstić information content (AvgIpc) is 3.01. The molecule has 3 heterocycles. The molecule has 1 aromatic heterocycles. The van der Waals surface area contributed by atoms with E-state index in [1.165, 1.54) is 6.33 Å². The molecule has 2 aliphatic heterocycles. The zero-order chi connectivity index (χ0) is 16.4. The van der Waals surface area contributed by atoms with E-state index in [1.54, 1.807) is 16.7 Å². The van der Waals surface area contributed by atoms with Gasteiger partial charge in [0.2, 0.25) is 0 Å². The van der Waals surface area contributed by atoms with Crippen LogP contribution in [0.25, 0.3) is 11.0 Å². The van der Waals surface area contributed by atoms with Gasteiger partial charge < -0.3 is 19.3 Å². The number of ether oxygens (including phenoxy) is 1. The van der Waals surface area contributed by atoms with Crippen LogP contribution < -0.4 is 0 Å². The number of aromatic nitrogens is 2. The smallest absolute Gasteiger partial charge is 0.386 e. The number of hydrogen-bond acceptors (Lipinski definition) is 6. The van der Waals surface area contributed by atoms with Crippen LogP contribution in [0.2, 0.25) is 10.0 Å². The Bertz CT molecular complexity index is 829. The second-order valence-corrected chi connectivity index (χ2v) is 7.52. The van der Waals surface area contributed by atoms with Gasteiger partial charge in [0.05, 0.1) is 34.0 Å². The SMILES string of the molecule is O=P1(O)OC[C@H]2O[C@@H](n3cnc4cc(Cl)c(Cl)cc43)C(O)[C@H]2O1. The Morgan fingerprint density at radius 2 is 2.09 bits per heavy atom. The molecule has 5 atom stereocenters. The van der Waals surface area contributed by atoms with Gasteiger partial charge in [0, 0.05) is 0 Å². The van der Waals surface area contributed by atoms with Gasteiger partial charge in [-0.3, -0.25) is 9.05 Å². The molecule has 23 heavy (non-hydrogen) atoms. The van der Waals surface area contributed by atoms with Gasteiger partial charge in [0.25, 0.3) is 0 Å². The number of hydrogen-bond donors (Lipinski definition) is 2. The minimum absolute atomic E-state index is 0.148. The highest BCUT2D eigenvalue weighted by Gasteiger charge is 2.52. The fourth-order valence-electron chi connectivity index (χ4n) is 2.79. The molecule has 124 valence electrons. The van der Waals surface area contributed by atoms with Gasteiger partial charge in [-0.15, -0.1) is 0 Å². The quantitative estimate of drug-likeness (QED) is 0.730. The molecule has 2 aromatic rings. The average molecular weight is 381 g/mol. The molecule has 0 radical (unpaired) electrons. The molecule has 2 saturated heterocycles. The van der Waals surface area contributed by atoms with E-state index in [0.717, 1.165) is 0 Å². The summed E-state index contributed by atoms with van der Waals surface area (Å²) in [7, 11) is -4.16. The number of halogens is 2. The molecule has 2 fully saturated rings. The number of phosphoric acid groups is 1. The van der Waals surface area contributed by atoms with Gasteiger partial charge in [-0.2, -0.15) is 0 Å². The van der Waals surface area contributed by atoms with Crippen molar-refractivity contribution >= 4 is 42.1 Å². The minimum atomic E-state index is -4.16. The number of aliphatic hydroxyl groups is 1. The van der Waals surface area contributed by atoms with Crippen LogP contribution in [-0.2, 0) is 18.3 Å². The fraction of sp³-hybridized carbons (Fsp3) is 0.417. The first-order chi connectivity index (χ1) is 10.9. The van der Waals surface area contributed by atoms with E-state index < -0.39 is 32.4 Å². The second-order valence-electron chi connectivity index (χ2n) is 5.30. The summed E-state index contributed by atoms with van der Waals surface area (Å²) in [4.78, 5) is 13.6. The summed E-state index contributed by atoms with van der Waals surface area (Å²) >= 11 is 12.0. The third-order valence-electron chi connectivity index (χ3n) is 3.86. The molecule has 0 saturated carbocycles. The highest BCUT2D eigenvalue weighted by atomic mass is 35.5. The highest BCUT2D eigenvalue weighted by molar-refractivity contribution is 7.47. The standard InChI is InChI=1S/C12H11Cl2N2O6P/c13-5-1-7-8(2-6(5)14)16(4-15-7)12-10(17)11-9(21-12)3-20-23(18,19)22-11/h1-2,4,9-12,17H,3H2,(H,18,19)/t9-,10?,11+,12-/m1/s1. The fourth-order valence-corrected chi connectivity index (χ4v) is 4.07. The summed E-state index contributed by atoms with van der Waals surface area (Å²) in [5.74, 6) is 0. The number of nitrogens with zero attached hydrogens (tertiary/aromatic N) is 2. The Morgan fingerprint density at radius 1 is 1.35 bits per heavy atom. The van der Waals surface area contributed by atoms with Crippen LogP contribution in [-0.4, -0.2) is 44.5 Å². The van der Waals surface area contributed by atoms with Crippen molar-refractivity contribution in [3.05, 3.63) is 28.5 Å². The van der Waals surface area contributed by atoms with Crippen LogP contribution in [0.15, 0.2) is 18.5 Å². The second kappa shape index (κ2) is 5.40. The Morgan fingerprint density at radius 3 is 2.87 bits per heavy atom. The van der Waals surface area contributed by atoms with Crippen LogP contribution in [0.3, 0.4) is 0 Å². The molecule has 2 unspecified atom stereocenters. The Labute approximate surface area is 140 Å². The number of aliphatic hydroxyl groups excluding tert-OH is 1. The van der Waals surface area contributed by atoms with Crippen LogP contribution >= 0.6 is 31.0 Å².